The van der Waals surface area contributed by atoms with Gasteiger partial charge in [0.05, 0.1) is 8.07 Å². The predicted octanol–water partition coefficient (Wildman–Crippen LogP) is 16.3. The van der Waals surface area contributed by atoms with Crippen LogP contribution in [0.15, 0.2) is 116 Å². The standard InChI is InChI=1S/C32H30NS.C27H33N2Si.Ir/c1-21(2)27-18-26(23-11-7-4-8-12-23)20-31-32(27)28-17-25(13-14-30(28)34-31)29-19-24(15-16-33-29)22-9-5-3-6-10-22;1-19-14-24(15-20(2)29-19)22-10-12-23(13-11-22)26-17-25(16-21-8-6-7-9-21)27(18-28-26)30(3,4)5;/h4,7-8,11-12,14-22H,3,5-6,9-10H2,1-2H3;10-12,14-15,17-18,21H,6-9,16H2,1-5H3;/q2*-1;. The summed E-state index contributed by atoms with van der Waals surface area (Å²) in [5, 5.41) is 4.26. The van der Waals surface area contributed by atoms with E-state index in [1.54, 1.807) is 0 Å². The van der Waals surface area contributed by atoms with Crippen LogP contribution >= 0.6 is 11.3 Å². The smallest absolute Gasteiger partial charge is 0.0798 e. The number of aromatic nitrogens is 3. The molecule has 0 atom stereocenters. The zero-order valence-electron chi connectivity index (χ0n) is 39.4. The van der Waals surface area contributed by atoms with Crippen LogP contribution in [0.1, 0.15) is 112 Å². The molecule has 2 fully saturated rings. The maximum absolute atomic E-state index is 4.87. The molecule has 0 amide bonds. The van der Waals surface area contributed by atoms with Crippen LogP contribution in [-0.4, -0.2) is 23.0 Å². The summed E-state index contributed by atoms with van der Waals surface area (Å²) >= 11 is 1.88. The Kier molecular flexibility index (Phi) is 14.8. The summed E-state index contributed by atoms with van der Waals surface area (Å²) in [7, 11) is -1.42. The first-order valence-electron chi connectivity index (χ1n) is 23.9. The molecule has 335 valence electrons. The van der Waals surface area contributed by atoms with Crippen LogP contribution in [0.2, 0.25) is 19.6 Å². The first-order chi connectivity index (χ1) is 31.0. The van der Waals surface area contributed by atoms with Gasteiger partial charge >= 0.3 is 0 Å². The fourth-order valence-corrected chi connectivity index (χ4v) is 13.1. The van der Waals surface area contributed by atoms with E-state index < -0.39 is 8.07 Å². The monoisotopic (exact) mass is 1070 g/mol. The Morgan fingerprint density at radius 2 is 1.35 bits per heavy atom. The average molecular weight is 1070 g/mol. The number of thiophene rings is 1. The summed E-state index contributed by atoms with van der Waals surface area (Å²) in [6.45, 7) is 16.0. The second-order valence-electron chi connectivity index (χ2n) is 20.0. The second kappa shape index (κ2) is 20.5. The van der Waals surface area contributed by atoms with Crippen molar-refractivity contribution in [3.8, 4) is 44.8 Å². The first-order valence-corrected chi connectivity index (χ1v) is 28.2. The normalized spacial score (nSPS) is 14.7. The van der Waals surface area contributed by atoms with Crippen LogP contribution in [0.5, 0.6) is 0 Å². The fraction of sp³-hybridized carbons (Fsp3) is 0.339. The van der Waals surface area contributed by atoms with Gasteiger partial charge in [0.15, 0.2) is 0 Å². The third-order valence-corrected chi connectivity index (χ3v) is 16.9. The molecule has 10 rings (SSSR count). The van der Waals surface area contributed by atoms with E-state index in [1.165, 1.54) is 129 Å². The molecule has 4 aromatic heterocycles. The summed E-state index contributed by atoms with van der Waals surface area (Å²) in [5.74, 6) is 1.98. The van der Waals surface area contributed by atoms with Crippen LogP contribution in [0, 0.1) is 31.9 Å². The summed E-state index contributed by atoms with van der Waals surface area (Å²) in [6, 6.07) is 44.7. The minimum absolute atomic E-state index is 0. The number of fused-ring (bicyclic) bond motifs is 3. The molecule has 8 aromatic rings. The third-order valence-electron chi connectivity index (χ3n) is 13.7. The third kappa shape index (κ3) is 10.8. The SMILES string of the molecule is CC(C)c1cc(-c2ccccc2)cc2sc3c[c-]c(-c4cc(C5CCCCC5)ccn4)cc3c12.Cc1cc(-c2c[c-]c(-c3cc(CC4CCCC4)c([Si](C)(C)C)cn3)cc2)cc(C)n1.[Ir]. The van der Waals surface area contributed by atoms with E-state index in [0.717, 1.165) is 39.8 Å². The predicted molar refractivity (Wildman–Crippen MR) is 277 cm³/mol. The minimum atomic E-state index is -1.42. The summed E-state index contributed by atoms with van der Waals surface area (Å²) in [4.78, 5) is 14.1. The van der Waals surface area contributed by atoms with Gasteiger partial charge in [-0.3, -0.25) is 4.98 Å². The molecular formula is C59H63IrN3SSi-2. The van der Waals surface area contributed by atoms with E-state index in [2.05, 4.69) is 160 Å². The van der Waals surface area contributed by atoms with Crippen molar-refractivity contribution in [1.82, 2.24) is 15.0 Å². The Bertz CT molecular complexity index is 2860. The van der Waals surface area contributed by atoms with Crippen LogP contribution in [0.4, 0.5) is 0 Å². The van der Waals surface area contributed by atoms with E-state index >= 15 is 0 Å². The Balaban J connectivity index is 0.000000176. The van der Waals surface area contributed by atoms with E-state index in [1.807, 2.05) is 31.4 Å². The molecule has 3 nitrogen and oxygen atoms in total. The van der Waals surface area contributed by atoms with Crippen molar-refractivity contribution >= 4 is 44.8 Å². The maximum atomic E-state index is 4.87. The van der Waals surface area contributed by atoms with Gasteiger partial charge in [-0.15, -0.1) is 53.6 Å². The molecule has 2 aliphatic rings. The molecule has 1 radical (unpaired) electrons. The van der Waals surface area contributed by atoms with Crippen molar-refractivity contribution in [3.63, 3.8) is 0 Å². The molecule has 65 heavy (non-hydrogen) atoms. The van der Waals surface area contributed by atoms with Crippen molar-refractivity contribution in [1.29, 1.82) is 0 Å². The Hall–Kier alpha value is -4.58. The minimum Gasteiger partial charge on any atom is -0.305 e. The van der Waals surface area contributed by atoms with Gasteiger partial charge in [0, 0.05) is 48.6 Å². The molecule has 2 saturated carbocycles. The van der Waals surface area contributed by atoms with Gasteiger partial charge in [0.1, 0.15) is 0 Å². The fourth-order valence-electron chi connectivity index (χ4n) is 10.3. The van der Waals surface area contributed by atoms with Gasteiger partial charge in [-0.05, 0) is 118 Å². The molecule has 0 saturated heterocycles. The molecule has 4 heterocycles. The van der Waals surface area contributed by atoms with Gasteiger partial charge in [-0.1, -0.05) is 155 Å². The topological polar surface area (TPSA) is 38.7 Å². The van der Waals surface area contributed by atoms with Gasteiger partial charge in [0.2, 0.25) is 0 Å². The second-order valence-corrected chi connectivity index (χ2v) is 26.1. The van der Waals surface area contributed by atoms with Gasteiger partial charge in [-0.2, -0.15) is 11.3 Å². The van der Waals surface area contributed by atoms with Gasteiger partial charge in [-0.25, -0.2) is 0 Å². The quantitative estimate of drug-likeness (QED) is 0.107. The zero-order chi connectivity index (χ0) is 44.4. The molecule has 0 N–H and O–H groups in total. The van der Waals surface area contributed by atoms with Gasteiger partial charge in [0.25, 0.3) is 0 Å². The number of hydrogen-bond acceptors (Lipinski definition) is 4. The van der Waals surface area contributed by atoms with Crippen molar-refractivity contribution in [3.05, 3.63) is 156 Å². The Labute approximate surface area is 407 Å². The molecule has 6 heteroatoms. The molecule has 0 bridgehead atoms. The summed E-state index contributed by atoms with van der Waals surface area (Å²) < 4.78 is 2.66. The van der Waals surface area contributed by atoms with E-state index in [4.69, 9.17) is 9.97 Å². The molecule has 0 unspecified atom stereocenters. The summed E-state index contributed by atoms with van der Waals surface area (Å²) in [5.41, 5.74) is 15.7. The van der Waals surface area contributed by atoms with Crippen molar-refractivity contribution in [2.24, 2.45) is 5.92 Å². The van der Waals surface area contributed by atoms with E-state index in [9.17, 15) is 0 Å². The number of aryl methyl sites for hydroxylation is 2. The summed E-state index contributed by atoms with van der Waals surface area (Å²) in [6.07, 6.45) is 17.6. The molecule has 4 aromatic carbocycles. The Morgan fingerprint density at radius 1 is 0.662 bits per heavy atom. The zero-order valence-corrected chi connectivity index (χ0v) is 43.6. The number of benzene rings is 4. The van der Waals surface area contributed by atoms with Crippen molar-refractivity contribution in [2.45, 2.75) is 123 Å². The average Bonchev–Trinajstić information content (AvgIpc) is 3.96. The maximum Gasteiger partial charge on any atom is 0.0798 e. The number of pyridine rings is 3. The molecule has 0 aliphatic heterocycles. The van der Waals surface area contributed by atoms with Crippen LogP contribution in [-0.2, 0) is 26.5 Å². The van der Waals surface area contributed by atoms with Gasteiger partial charge < -0.3 is 9.97 Å². The number of rotatable bonds is 9. The van der Waals surface area contributed by atoms with E-state index in [0.29, 0.717) is 11.8 Å². The number of nitrogens with zero attached hydrogens (tertiary/aromatic N) is 3. The Morgan fingerprint density at radius 3 is 2.05 bits per heavy atom. The van der Waals surface area contributed by atoms with E-state index in [-0.39, 0.29) is 20.1 Å². The molecular weight excluding hydrogens is 1000 g/mol. The molecule has 0 spiro atoms. The first kappa shape index (κ1) is 46.9. The van der Waals surface area contributed by atoms with Crippen molar-refractivity contribution < 1.29 is 20.1 Å². The van der Waals surface area contributed by atoms with Crippen molar-refractivity contribution in [2.75, 3.05) is 0 Å². The number of hydrogen-bond donors (Lipinski definition) is 0. The van der Waals surface area contributed by atoms with Crippen LogP contribution < -0.4 is 5.19 Å². The van der Waals surface area contributed by atoms with Crippen LogP contribution in [0.3, 0.4) is 0 Å². The largest absolute Gasteiger partial charge is 0.305 e. The van der Waals surface area contributed by atoms with Crippen LogP contribution in [0.25, 0.3) is 64.9 Å². The molecule has 2 aliphatic carbocycles.